The topological polar surface area (TPSA) is 72.2 Å². The second-order valence-electron chi connectivity index (χ2n) is 5.28. The first kappa shape index (κ1) is 15.5. The third-order valence-corrected chi connectivity index (χ3v) is 5.09. The van der Waals surface area contributed by atoms with Gasteiger partial charge in [-0.2, -0.15) is 0 Å². The SMILES string of the molecule is Cc1ccc(C(C)NS(=O)(=O)c2cc(N)ccc2C)cc1. The predicted molar refractivity (Wildman–Crippen MR) is 85.5 cm³/mol. The van der Waals surface area contributed by atoms with Crippen LogP contribution in [-0.2, 0) is 10.0 Å². The van der Waals surface area contributed by atoms with Crippen LogP contribution in [0.5, 0.6) is 0 Å². The van der Waals surface area contributed by atoms with E-state index in [0.29, 0.717) is 11.3 Å². The lowest BCUT2D eigenvalue weighted by Crippen LogP contribution is -2.27. The number of anilines is 1. The average molecular weight is 304 g/mol. The maximum atomic E-state index is 12.5. The zero-order chi connectivity index (χ0) is 15.6. The van der Waals surface area contributed by atoms with Crippen molar-refractivity contribution in [2.24, 2.45) is 0 Å². The Morgan fingerprint density at radius 2 is 1.67 bits per heavy atom. The minimum atomic E-state index is -3.60. The van der Waals surface area contributed by atoms with Crippen molar-refractivity contribution in [2.75, 3.05) is 5.73 Å². The van der Waals surface area contributed by atoms with Gasteiger partial charge in [-0.05, 0) is 44.0 Å². The van der Waals surface area contributed by atoms with Crippen molar-refractivity contribution in [3.63, 3.8) is 0 Å². The number of nitrogens with one attached hydrogen (secondary N) is 1. The number of rotatable bonds is 4. The van der Waals surface area contributed by atoms with E-state index in [1.165, 1.54) is 6.07 Å². The van der Waals surface area contributed by atoms with E-state index in [2.05, 4.69) is 4.72 Å². The fourth-order valence-electron chi connectivity index (χ4n) is 2.13. The molecule has 0 saturated carbocycles. The Hall–Kier alpha value is -1.85. The molecule has 2 rings (SSSR count). The normalized spacial score (nSPS) is 13.1. The van der Waals surface area contributed by atoms with Crippen LogP contribution in [0.3, 0.4) is 0 Å². The highest BCUT2D eigenvalue weighted by Gasteiger charge is 2.20. The van der Waals surface area contributed by atoms with E-state index in [4.69, 9.17) is 5.73 Å². The summed E-state index contributed by atoms with van der Waals surface area (Å²) in [6.07, 6.45) is 0. The van der Waals surface area contributed by atoms with Crippen LogP contribution in [0.1, 0.15) is 29.7 Å². The summed E-state index contributed by atoms with van der Waals surface area (Å²) in [6.45, 7) is 5.57. The van der Waals surface area contributed by atoms with Gasteiger partial charge in [-0.25, -0.2) is 13.1 Å². The number of benzene rings is 2. The molecule has 0 heterocycles. The summed E-state index contributed by atoms with van der Waals surface area (Å²) in [6, 6.07) is 12.4. The van der Waals surface area contributed by atoms with E-state index in [1.54, 1.807) is 19.1 Å². The monoisotopic (exact) mass is 304 g/mol. The largest absolute Gasteiger partial charge is 0.399 e. The molecule has 1 atom stereocenters. The van der Waals surface area contributed by atoms with E-state index in [1.807, 2.05) is 38.1 Å². The van der Waals surface area contributed by atoms with Gasteiger partial charge in [0.25, 0.3) is 0 Å². The molecule has 0 amide bonds. The predicted octanol–water partition coefficient (Wildman–Crippen LogP) is 2.93. The van der Waals surface area contributed by atoms with Crippen LogP contribution in [0.2, 0.25) is 0 Å². The van der Waals surface area contributed by atoms with Crippen molar-refractivity contribution in [1.82, 2.24) is 4.72 Å². The van der Waals surface area contributed by atoms with E-state index < -0.39 is 10.0 Å². The number of aryl methyl sites for hydroxylation is 2. The zero-order valence-corrected chi connectivity index (χ0v) is 13.2. The molecule has 112 valence electrons. The molecule has 0 radical (unpaired) electrons. The number of nitrogen functional groups attached to an aromatic ring is 1. The highest BCUT2D eigenvalue weighted by molar-refractivity contribution is 7.89. The maximum Gasteiger partial charge on any atom is 0.241 e. The molecular formula is C16H20N2O2S. The molecule has 0 bridgehead atoms. The molecule has 0 aliphatic carbocycles. The van der Waals surface area contributed by atoms with Crippen LogP contribution in [0, 0.1) is 13.8 Å². The van der Waals surface area contributed by atoms with Gasteiger partial charge >= 0.3 is 0 Å². The molecule has 0 saturated heterocycles. The first-order valence-corrected chi connectivity index (χ1v) is 8.23. The van der Waals surface area contributed by atoms with E-state index >= 15 is 0 Å². The maximum absolute atomic E-state index is 12.5. The standard InChI is InChI=1S/C16H20N2O2S/c1-11-4-7-14(8-5-11)13(3)18-21(19,20)16-10-15(17)9-6-12(16)2/h4-10,13,18H,17H2,1-3H3. The lowest BCUT2D eigenvalue weighted by Gasteiger charge is -2.16. The molecule has 0 fully saturated rings. The molecule has 2 aromatic rings. The Morgan fingerprint density at radius 1 is 1.05 bits per heavy atom. The summed E-state index contributed by atoms with van der Waals surface area (Å²) in [7, 11) is -3.60. The molecule has 0 spiro atoms. The highest BCUT2D eigenvalue weighted by atomic mass is 32.2. The van der Waals surface area contributed by atoms with Gasteiger partial charge in [0.05, 0.1) is 4.90 Å². The summed E-state index contributed by atoms with van der Waals surface area (Å²) < 4.78 is 27.7. The minimum absolute atomic E-state index is 0.224. The van der Waals surface area contributed by atoms with Gasteiger partial charge in [0, 0.05) is 11.7 Å². The third kappa shape index (κ3) is 3.62. The number of hydrogen-bond donors (Lipinski definition) is 2. The zero-order valence-electron chi connectivity index (χ0n) is 12.4. The van der Waals surface area contributed by atoms with Crippen molar-refractivity contribution >= 4 is 15.7 Å². The van der Waals surface area contributed by atoms with Gasteiger partial charge in [-0.1, -0.05) is 35.9 Å². The van der Waals surface area contributed by atoms with Crippen molar-refractivity contribution in [2.45, 2.75) is 31.7 Å². The Morgan fingerprint density at radius 3 is 2.29 bits per heavy atom. The lowest BCUT2D eigenvalue weighted by atomic mass is 10.1. The second kappa shape index (κ2) is 5.87. The van der Waals surface area contributed by atoms with Crippen LogP contribution < -0.4 is 10.5 Å². The first-order chi connectivity index (χ1) is 9.79. The smallest absolute Gasteiger partial charge is 0.241 e. The Kier molecular flexibility index (Phi) is 4.34. The Balaban J connectivity index is 2.28. The molecule has 4 nitrogen and oxygen atoms in total. The number of sulfonamides is 1. The van der Waals surface area contributed by atoms with Crippen molar-refractivity contribution < 1.29 is 8.42 Å². The van der Waals surface area contributed by atoms with Gasteiger partial charge in [0.15, 0.2) is 0 Å². The molecule has 0 aliphatic heterocycles. The van der Waals surface area contributed by atoms with Gasteiger partial charge in [0.2, 0.25) is 10.0 Å². The van der Waals surface area contributed by atoms with Gasteiger partial charge in [-0.15, -0.1) is 0 Å². The molecule has 21 heavy (non-hydrogen) atoms. The van der Waals surface area contributed by atoms with E-state index in [9.17, 15) is 8.42 Å². The fourth-order valence-corrected chi connectivity index (χ4v) is 3.64. The summed E-state index contributed by atoms with van der Waals surface area (Å²) >= 11 is 0. The highest BCUT2D eigenvalue weighted by Crippen LogP contribution is 2.21. The molecule has 3 N–H and O–H groups in total. The van der Waals surface area contributed by atoms with Crippen molar-refractivity contribution in [3.8, 4) is 0 Å². The van der Waals surface area contributed by atoms with Crippen LogP contribution in [0.4, 0.5) is 5.69 Å². The van der Waals surface area contributed by atoms with Gasteiger partial charge < -0.3 is 5.73 Å². The third-order valence-electron chi connectivity index (χ3n) is 3.41. The van der Waals surface area contributed by atoms with Crippen molar-refractivity contribution in [1.29, 1.82) is 0 Å². The van der Waals surface area contributed by atoms with E-state index in [-0.39, 0.29) is 10.9 Å². The van der Waals surface area contributed by atoms with Crippen LogP contribution >= 0.6 is 0 Å². The first-order valence-electron chi connectivity index (χ1n) is 6.74. The average Bonchev–Trinajstić information content (AvgIpc) is 2.41. The molecule has 0 aromatic heterocycles. The molecule has 2 aromatic carbocycles. The fraction of sp³-hybridized carbons (Fsp3) is 0.250. The number of hydrogen-bond acceptors (Lipinski definition) is 3. The molecule has 1 unspecified atom stereocenters. The molecule has 5 heteroatoms. The van der Waals surface area contributed by atoms with Crippen LogP contribution in [0.25, 0.3) is 0 Å². The summed E-state index contributed by atoms with van der Waals surface area (Å²) in [4.78, 5) is 0.224. The summed E-state index contributed by atoms with van der Waals surface area (Å²) in [5.74, 6) is 0. The molecular weight excluding hydrogens is 284 g/mol. The lowest BCUT2D eigenvalue weighted by molar-refractivity contribution is 0.566. The Labute approximate surface area is 126 Å². The van der Waals surface area contributed by atoms with Gasteiger partial charge in [-0.3, -0.25) is 0 Å². The van der Waals surface area contributed by atoms with Crippen LogP contribution in [-0.4, -0.2) is 8.42 Å². The van der Waals surface area contributed by atoms with Gasteiger partial charge in [0.1, 0.15) is 0 Å². The van der Waals surface area contributed by atoms with E-state index in [0.717, 1.165) is 11.1 Å². The molecule has 0 aliphatic rings. The Bertz CT molecular complexity index is 737. The second-order valence-corrected chi connectivity index (χ2v) is 6.96. The minimum Gasteiger partial charge on any atom is -0.399 e. The summed E-state index contributed by atoms with van der Waals surface area (Å²) in [5, 5.41) is 0. The van der Waals surface area contributed by atoms with Crippen molar-refractivity contribution in [3.05, 3.63) is 59.2 Å². The quantitative estimate of drug-likeness (QED) is 0.853. The number of nitrogens with two attached hydrogens (primary N) is 1. The van der Waals surface area contributed by atoms with Crippen LogP contribution in [0.15, 0.2) is 47.4 Å². The summed E-state index contributed by atoms with van der Waals surface area (Å²) in [5.41, 5.74) is 8.86.